The number of aryl methyl sites for hydroxylation is 1. The van der Waals surface area contributed by atoms with Crippen molar-refractivity contribution in [2.45, 2.75) is 23.9 Å². The molecule has 1 aromatic rings. The Morgan fingerprint density at radius 1 is 0.917 bits per heavy atom. The third-order valence-corrected chi connectivity index (χ3v) is 3.12. The number of thioether (sulfide) groups is 2. The van der Waals surface area contributed by atoms with E-state index in [-0.39, 0.29) is 0 Å². The SMILES string of the molecule is CSc1nc(C)nc(SC)c1C. The van der Waals surface area contributed by atoms with Crippen molar-refractivity contribution in [1.82, 2.24) is 9.97 Å². The smallest absolute Gasteiger partial charge is 0.127 e. The van der Waals surface area contributed by atoms with Gasteiger partial charge in [-0.05, 0) is 26.4 Å². The normalized spacial score (nSPS) is 10.3. The molecule has 0 saturated carbocycles. The van der Waals surface area contributed by atoms with Gasteiger partial charge in [0.2, 0.25) is 0 Å². The van der Waals surface area contributed by atoms with Crippen LogP contribution in [0.1, 0.15) is 11.4 Å². The minimum atomic E-state index is 0.856. The lowest BCUT2D eigenvalue weighted by Gasteiger charge is -2.06. The molecule has 0 saturated heterocycles. The molecule has 0 fully saturated rings. The molecule has 0 amide bonds. The zero-order valence-electron chi connectivity index (χ0n) is 7.71. The van der Waals surface area contributed by atoms with E-state index in [4.69, 9.17) is 0 Å². The summed E-state index contributed by atoms with van der Waals surface area (Å²) in [5.74, 6) is 0.856. The average molecular weight is 200 g/mol. The minimum absolute atomic E-state index is 0.856. The largest absolute Gasteiger partial charge is 0.227 e. The van der Waals surface area contributed by atoms with Gasteiger partial charge in [-0.1, -0.05) is 0 Å². The van der Waals surface area contributed by atoms with Crippen LogP contribution in [-0.4, -0.2) is 22.5 Å². The van der Waals surface area contributed by atoms with Crippen LogP contribution in [-0.2, 0) is 0 Å². The van der Waals surface area contributed by atoms with Crippen LogP contribution in [0.4, 0.5) is 0 Å². The van der Waals surface area contributed by atoms with E-state index in [9.17, 15) is 0 Å². The number of hydrogen-bond donors (Lipinski definition) is 0. The van der Waals surface area contributed by atoms with Gasteiger partial charge < -0.3 is 0 Å². The molecule has 1 rings (SSSR count). The van der Waals surface area contributed by atoms with Crippen LogP contribution in [0.5, 0.6) is 0 Å². The molecule has 1 aromatic heterocycles. The second-order valence-electron chi connectivity index (χ2n) is 2.41. The summed E-state index contributed by atoms with van der Waals surface area (Å²) in [5, 5.41) is 2.18. The summed E-state index contributed by atoms with van der Waals surface area (Å²) in [7, 11) is 0. The lowest BCUT2D eigenvalue weighted by molar-refractivity contribution is 0.866. The van der Waals surface area contributed by atoms with Crippen molar-refractivity contribution in [2.24, 2.45) is 0 Å². The fourth-order valence-corrected chi connectivity index (χ4v) is 2.29. The van der Waals surface area contributed by atoms with Crippen LogP contribution >= 0.6 is 23.5 Å². The molecule has 0 N–H and O–H groups in total. The quantitative estimate of drug-likeness (QED) is 0.541. The molecule has 0 spiro atoms. The van der Waals surface area contributed by atoms with Crippen molar-refractivity contribution in [3.05, 3.63) is 11.4 Å². The van der Waals surface area contributed by atoms with Crippen LogP contribution < -0.4 is 0 Å². The maximum absolute atomic E-state index is 4.34. The van der Waals surface area contributed by atoms with E-state index in [1.165, 1.54) is 5.56 Å². The number of rotatable bonds is 2. The van der Waals surface area contributed by atoms with Gasteiger partial charge >= 0.3 is 0 Å². The van der Waals surface area contributed by atoms with E-state index in [0.717, 1.165) is 15.9 Å². The molecule has 0 radical (unpaired) electrons. The van der Waals surface area contributed by atoms with Crippen LogP contribution in [0.2, 0.25) is 0 Å². The molecule has 1 heterocycles. The van der Waals surface area contributed by atoms with Crippen molar-refractivity contribution in [3.63, 3.8) is 0 Å². The topological polar surface area (TPSA) is 25.8 Å². The summed E-state index contributed by atoms with van der Waals surface area (Å²) in [6.07, 6.45) is 4.08. The molecule has 12 heavy (non-hydrogen) atoms. The van der Waals surface area contributed by atoms with Crippen molar-refractivity contribution < 1.29 is 0 Å². The van der Waals surface area contributed by atoms with Gasteiger partial charge in [-0.15, -0.1) is 23.5 Å². The number of nitrogens with zero attached hydrogens (tertiary/aromatic N) is 2. The van der Waals surface area contributed by atoms with Crippen molar-refractivity contribution >= 4 is 23.5 Å². The zero-order chi connectivity index (χ0) is 9.14. The molecule has 0 bridgehead atoms. The first-order valence-corrected chi connectivity index (χ1v) is 6.07. The van der Waals surface area contributed by atoms with Gasteiger partial charge in [0.25, 0.3) is 0 Å². The first-order valence-electron chi connectivity index (χ1n) is 3.62. The molecule has 2 nitrogen and oxygen atoms in total. The van der Waals surface area contributed by atoms with Gasteiger partial charge in [0, 0.05) is 5.56 Å². The van der Waals surface area contributed by atoms with Crippen LogP contribution in [0.15, 0.2) is 10.1 Å². The third kappa shape index (κ3) is 1.93. The highest BCUT2D eigenvalue weighted by Crippen LogP contribution is 2.24. The average Bonchev–Trinajstić information content (AvgIpc) is 2.08. The fourth-order valence-electron chi connectivity index (χ4n) is 0.976. The van der Waals surface area contributed by atoms with Crippen molar-refractivity contribution in [1.29, 1.82) is 0 Å². The zero-order valence-corrected chi connectivity index (χ0v) is 9.34. The van der Waals surface area contributed by atoms with E-state index in [2.05, 4.69) is 16.9 Å². The molecule has 0 aliphatic carbocycles. The van der Waals surface area contributed by atoms with E-state index in [1.54, 1.807) is 23.5 Å². The molecule has 0 aliphatic heterocycles. The first-order chi connectivity index (χ1) is 5.69. The lowest BCUT2D eigenvalue weighted by atomic mass is 10.4. The van der Waals surface area contributed by atoms with Crippen molar-refractivity contribution in [2.75, 3.05) is 12.5 Å². The highest BCUT2D eigenvalue weighted by atomic mass is 32.2. The monoisotopic (exact) mass is 200 g/mol. The Morgan fingerprint density at radius 2 is 1.33 bits per heavy atom. The van der Waals surface area contributed by atoms with Crippen LogP contribution in [0.3, 0.4) is 0 Å². The molecular formula is C8H12N2S2. The Labute approximate surface area is 81.6 Å². The minimum Gasteiger partial charge on any atom is -0.227 e. The summed E-state index contributed by atoms with van der Waals surface area (Å²) >= 11 is 3.35. The molecule has 0 unspecified atom stereocenters. The molecular weight excluding hydrogens is 188 g/mol. The van der Waals surface area contributed by atoms with Gasteiger partial charge in [-0.3, -0.25) is 0 Å². The van der Waals surface area contributed by atoms with E-state index in [1.807, 2.05) is 19.4 Å². The van der Waals surface area contributed by atoms with Crippen LogP contribution in [0.25, 0.3) is 0 Å². The predicted octanol–water partition coefficient (Wildman–Crippen LogP) is 2.54. The Balaban J connectivity index is 3.22. The molecule has 0 aliphatic rings. The number of aromatic nitrogens is 2. The first kappa shape index (κ1) is 9.86. The van der Waals surface area contributed by atoms with Crippen molar-refractivity contribution in [3.8, 4) is 0 Å². The summed E-state index contributed by atoms with van der Waals surface area (Å²) < 4.78 is 0. The standard InChI is InChI=1S/C8H12N2S2/c1-5-7(11-3)9-6(2)10-8(5)12-4/h1-4H3. The van der Waals surface area contributed by atoms with Gasteiger partial charge in [-0.2, -0.15) is 0 Å². The second-order valence-corrected chi connectivity index (χ2v) is 4.00. The summed E-state index contributed by atoms with van der Waals surface area (Å²) in [4.78, 5) is 8.68. The third-order valence-electron chi connectivity index (χ3n) is 1.55. The maximum Gasteiger partial charge on any atom is 0.127 e. The van der Waals surface area contributed by atoms with E-state index in [0.29, 0.717) is 0 Å². The predicted molar refractivity (Wildman–Crippen MR) is 55.1 cm³/mol. The Hall–Kier alpha value is -0.220. The molecule has 4 heteroatoms. The second kappa shape index (κ2) is 4.14. The Kier molecular flexibility index (Phi) is 3.40. The van der Waals surface area contributed by atoms with Gasteiger partial charge in [0.1, 0.15) is 15.9 Å². The Morgan fingerprint density at radius 3 is 1.67 bits per heavy atom. The molecule has 0 atom stereocenters. The highest BCUT2D eigenvalue weighted by molar-refractivity contribution is 7.99. The summed E-state index contributed by atoms with van der Waals surface area (Å²) in [6, 6.07) is 0. The van der Waals surface area contributed by atoms with E-state index >= 15 is 0 Å². The number of hydrogen-bond acceptors (Lipinski definition) is 4. The fraction of sp³-hybridized carbons (Fsp3) is 0.500. The molecule has 66 valence electrons. The van der Waals surface area contributed by atoms with Gasteiger partial charge in [0.05, 0.1) is 0 Å². The summed E-state index contributed by atoms with van der Waals surface area (Å²) in [5.41, 5.74) is 1.20. The summed E-state index contributed by atoms with van der Waals surface area (Å²) in [6.45, 7) is 4.00. The maximum atomic E-state index is 4.34. The van der Waals surface area contributed by atoms with E-state index < -0.39 is 0 Å². The lowest BCUT2D eigenvalue weighted by Crippen LogP contribution is -1.96. The Bertz CT molecular complexity index is 261. The molecule has 0 aromatic carbocycles. The van der Waals surface area contributed by atoms with Gasteiger partial charge in [0.15, 0.2) is 0 Å². The van der Waals surface area contributed by atoms with Crippen LogP contribution in [0, 0.1) is 13.8 Å². The highest BCUT2D eigenvalue weighted by Gasteiger charge is 2.06. The van der Waals surface area contributed by atoms with Gasteiger partial charge in [-0.25, -0.2) is 9.97 Å².